The molecule has 1 aromatic carbocycles. The van der Waals surface area contributed by atoms with Gasteiger partial charge >= 0.3 is 0 Å². The second kappa shape index (κ2) is 6.05. The Morgan fingerprint density at radius 1 is 1.38 bits per heavy atom. The molecule has 0 spiro atoms. The van der Waals surface area contributed by atoms with Crippen molar-refractivity contribution in [3.05, 3.63) is 28.8 Å². The Bertz CT molecular complexity index is 584. The summed E-state index contributed by atoms with van der Waals surface area (Å²) >= 11 is 6.06. The Morgan fingerprint density at radius 2 is 2.10 bits per heavy atom. The summed E-state index contributed by atoms with van der Waals surface area (Å²) in [6, 6.07) is 8.13. The first-order valence-corrected chi connectivity index (χ1v) is 7.77. The van der Waals surface area contributed by atoms with Crippen molar-refractivity contribution >= 4 is 23.2 Å². The van der Waals surface area contributed by atoms with Gasteiger partial charge in [-0.2, -0.15) is 5.26 Å². The monoisotopic (exact) mass is 303 g/mol. The summed E-state index contributed by atoms with van der Waals surface area (Å²) in [6.45, 7) is 0. The number of halogens is 1. The molecule has 2 fully saturated rings. The Labute approximate surface area is 129 Å². The first-order chi connectivity index (χ1) is 10.1. The molecule has 3 rings (SSSR count). The number of rotatable bonds is 3. The highest BCUT2D eigenvalue weighted by Gasteiger charge is 2.34. The normalized spacial score (nSPS) is 27.1. The summed E-state index contributed by atoms with van der Waals surface area (Å²) in [4.78, 5) is 12.2. The third kappa shape index (κ3) is 3.37. The van der Waals surface area contributed by atoms with Gasteiger partial charge in [0.1, 0.15) is 0 Å². The van der Waals surface area contributed by atoms with Crippen LogP contribution in [0.2, 0.25) is 5.02 Å². The van der Waals surface area contributed by atoms with Crippen molar-refractivity contribution in [3.63, 3.8) is 0 Å². The molecule has 2 aliphatic rings. The summed E-state index contributed by atoms with van der Waals surface area (Å²) < 4.78 is 0. The average molecular weight is 304 g/mol. The number of hydrogen-bond acceptors (Lipinski definition) is 3. The van der Waals surface area contributed by atoms with Gasteiger partial charge in [0.2, 0.25) is 5.91 Å². The van der Waals surface area contributed by atoms with Crippen LogP contribution in [0, 0.1) is 17.2 Å². The zero-order chi connectivity index (χ0) is 14.8. The maximum absolute atomic E-state index is 12.2. The van der Waals surface area contributed by atoms with Crippen LogP contribution in [0.1, 0.15) is 37.7 Å². The Balaban J connectivity index is 1.60. The molecule has 0 aliphatic carbocycles. The number of nitriles is 1. The molecular weight excluding hydrogens is 286 g/mol. The number of nitrogens with one attached hydrogen (secondary N) is 2. The lowest BCUT2D eigenvalue weighted by Crippen LogP contribution is -2.39. The van der Waals surface area contributed by atoms with E-state index in [1.54, 1.807) is 18.2 Å². The zero-order valence-electron chi connectivity index (χ0n) is 11.7. The first-order valence-electron chi connectivity index (χ1n) is 7.39. The molecule has 110 valence electrons. The van der Waals surface area contributed by atoms with Crippen molar-refractivity contribution in [2.75, 3.05) is 5.32 Å². The molecule has 1 aromatic rings. The molecular formula is C16H18ClN3O. The molecule has 1 amide bonds. The molecule has 2 unspecified atom stereocenters. The number of fused-ring (bicyclic) bond motifs is 2. The molecule has 21 heavy (non-hydrogen) atoms. The predicted molar refractivity (Wildman–Crippen MR) is 82.1 cm³/mol. The Morgan fingerprint density at radius 3 is 2.76 bits per heavy atom. The first kappa shape index (κ1) is 14.4. The van der Waals surface area contributed by atoms with Crippen LogP contribution >= 0.6 is 11.6 Å². The second-order valence-corrected chi connectivity index (χ2v) is 6.44. The highest BCUT2D eigenvalue weighted by molar-refractivity contribution is 6.33. The minimum absolute atomic E-state index is 0.0155. The van der Waals surface area contributed by atoms with Crippen LogP contribution in [0.4, 0.5) is 5.69 Å². The number of anilines is 1. The largest absolute Gasteiger partial charge is 0.325 e. The van der Waals surface area contributed by atoms with Crippen LogP contribution < -0.4 is 10.6 Å². The fourth-order valence-electron chi connectivity index (χ4n) is 3.50. The highest BCUT2D eigenvalue weighted by Crippen LogP contribution is 2.33. The zero-order valence-corrected chi connectivity index (χ0v) is 12.5. The smallest absolute Gasteiger partial charge is 0.224 e. The third-order valence-electron chi connectivity index (χ3n) is 4.41. The SMILES string of the molecule is N#Cc1ccc(Cl)c(NC(=O)CC2CC3CCC(C2)N3)c1. The molecule has 2 bridgehead atoms. The van der Waals surface area contributed by atoms with E-state index in [-0.39, 0.29) is 5.91 Å². The van der Waals surface area contributed by atoms with Gasteiger partial charge in [0, 0.05) is 18.5 Å². The van der Waals surface area contributed by atoms with Gasteiger partial charge in [-0.1, -0.05) is 11.6 Å². The standard InChI is InChI=1S/C16H18ClN3O/c17-14-4-1-10(9-18)7-15(14)20-16(21)8-11-5-12-2-3-13(6-11)19-12/h1,4,7,11-13,19H,2-3,5-6,8H2,(H,20,21). The fourth-order valence-corrected chi connectivity index (χ4v) is 3.66. The molecule has 2 aliphatic heterocycles. The molecule has 5 heteroatoms. The van der Waals surface area contributed by atoms with Crippen LogP contribution in [0.25, 0.3) is 0 Å². The summed E-state index contributed by atoms with van der Waals surface area (Å²) in [5, 5.41) is 15.8. The number of nitrogens with zero attached hydrogens (tertiary/aromatic N) is 1. The summed E-state index contributed by atoms with van der Waals surface area (Å²) in [6.07, 6.45) is 5.16. The number of carbonyl (C=O) groups is 1. The molecule has 0 saturated carbocycles. The minimum Gasteiger partial charge on any atom is -0.325 e. The van der Waals surface area contributed by atoms with Gasteiger partial charge in [0.15, 0.2) is 0 Å². The number of hydrogen-bond donors (Lipinski definition) is 2. The van der Waals surface area contributed by atoms with Gasteiger partial charge in [-0.3, -0.25) is 4.79 Å². The summed E-state index contributed by atoms with van der Waals surface area (Å²) in [7, 11) is 0. The quantitative estimate of drug-likeness (QED) is 0.902. The molecule has 4 nitrogen and oxygen atoms in total. The highest BCUT2D eigenvalue weighted by atomic mass is 35.5. The number of benzene rings is 1. The maximum atomic E-state index is 12.2. The van der Waals surface area contributed by atoms with Crippen molar-refractivity contribution in [3.8, 4) is 6.07 Å². The molecule has 2 heterocycles. The van der Waals surface area contributed by atoms with Gasteiger partial charge in [0.05, 0.1) is 22.3 Å². The predicted octanol–water partition coefficient (Wildman–Crippen LogP) is 3.07. The van der Waals surface area contributed by atoms with Crippen molar-refractivity contribution in [1.29, 1.82) is 5.26 Å². The van der Waals surface area contributed by atoms with Crippen molar-refractivity contribution < 1.29 is 4.79 Å². The van der Waals surface area contributed by atoms with E-state index in [4.69, 9.17) is 16.9 Å². The van der Waals surface area contributed by atoms with E-state index in [1.165, 1.54) is 12.8 Å². The van der Waals surface area contributed by atoms with Gasteiger partial charge < -0.3 is 10.6 Å². The van der Waals surface area contributed by atoms with Crippen molar-refractivity contribution in [2.24, 2.45) is 5.92 Å². The van der Waals surface area contributed by atoms with Gasteiger partial charge in [-0.15, -0.1) is 0 Å². The summed E-state index contributed by atoms with van der Waals surface area (Å²) in [5.41, 5.74) is 1.02. The average Bonchev–Trinajstić information content (AvgIpc) is 2.80. The summed E-state index contributed by atoms with van der Waals surface area (Å²) in [5.74, 6) is 0.431. The van der Waals surface area contributed by atoms with Crippen LogP contribution in [0.3, 0.4) is 0 Å². The van der Waals surface area contributed by atoms with E-state index < -0.39 is 0 Å². The second-order valence-electron chi connectivity index (χ2n) is 6.03. The third-order valence-corrected chi connectivity index (χ3v) is 4.74. The van der Waals surface area contributed by atoms with Crippen LogP contribution in [0.15, 0.2) is 18.2 Å². The van der Waals surface area contributed by atoms with E-state index in [0.717, 1.165) is 12.8 Å². The van der Waals surface area contributed by atoms with Crippen LogP contribution in [-0.2, 0) is 4.79 Å². The fraction of sp³-hybridized carbons (Fsp3) is 0.500. The molecule has 0 radical (unpaired) electrons. The van der Waals surface area contributed by atoms with Crippen LogP contribution in [0.5, 0.6) is 0 Å². The van der Waals surface area contributed by atoms with E-state index >= 15 is 0 Å². The molecule has 2 N–H and O–H groups in total. The van der Waals surface area contributed by atoms with Crippen molar-refractivity contribution in [2.45, 2.75) is 44.2 Å². The number of carbonyl (C=O) groups excluding carboxylic acids is 1. The van der Waals surface area contributed by atoms with E-state index in [9.17, 15) is 4.79 Å². The molecule has 2 saturated heterocycles. The lowest BCUT2D eigenvalue weighted by molar-refractivity contribution is -0.117. The van der Waals surface area contributed by atoms with E-state index in [2.05, 4.69) is 16.7 Å². The van der Waals surface area contributed by atoms with E-state index in [0.29, 0.717) is 40.7 Å². The van der Waals surface area contributed by atoms with Gasteiger partial charge in [0.25, 0.3) is 0 Å². The molecule has 2 atom stereocenters. The van der Waals surface area contributed by atoms with Crippen LogP contribution in [-0.4, -0.2) is 18.0 Å². The Kier molecular flexibility index (Phi) is 4.14. The lowest BCUT2D eigenvalue weighted by atomic mass is 9.89. The minimum atomic E-state index is -0.0155. The van der Waals surface area contributed by atoms with Crippen molar-refractivity contribution in [1.82, 2.24) is 5.32 Å². The topological polar surface area (TPSA) is 64.9 Å². The van der Waals surface area contributed by atoms with Gasteiger partial charge in [-0.25, -0.2) is 0 Å². The Hall–Kier alpha value is -1.57. The number of amides is 1. The molecule has 0 aromatic heterocycles. The maximum Gasteiger partial charge on any atom is 0.224 e. The van der Waals surface area contributed by atoms with Gasteiger partial charge in [-0.05, 0) is 49.8 Å². The van der Waals surface area contributed by atoms with E-state index in [1.807, 2.05) is 0 Å². The lowest BCUT2D eigenvalue weighted by Gasteiger charge is -2.28. The number of piperidine rings is 1.